The van der Waals surface area contributed by atoms with E-state index in [2.05, 4.69) is 48.6 Å². The van der Waals surface area contributed by atoms with Crippen LogP contribution in [0, 0.1) is 20.8 Å². The van der Waals surface area contributed by atoms with Crippen LogP contribution in [0.25, 0.3) is 0 Å². The van der Waals surface area contributed by atoms with Gasteiger partial charge in [0.2, 0.25) is 0 Å². The summed E-state index contributed by atoms with van der Waals surface area (Å²) in [5.41, 5.74) is 8.91. The van der Waals surface area contributed by atoms with Gasteiger partial charge in [-0.3, -0.25) is 16.0 Å². The Kier molecular flexibility index (Phi) is 4.02. The zero-order chi connectivity index (χ0) is 14.0. The van der Waals surface area contributed by atoms with Gasteiger partial charge in [-0.1, -0.05) is 23.8 Å². The van der Waals surface area contributed by atoms with Gasteiger partial charge in [0.25, 0.3) is 0 Å². The molecule has 19 heavy (non-hydrogen) atoms. The van der Waals surface area contributed by atoms with Gasteiger partial charge in [0.15, 0.2) is 0 Å². The van der Waals surface area contributed by atoms with Gasteiger partial charge in [-0.2, -0.15) is 5.10 Å². The summed E-state index contributed by atoms with van der Waals surface area (Å²) in [6.45, 7) is 6.23. The molecule has 0 fully saturated rings. The maximum Gasteiger partial charge on any atom is 0.0596 e. The first-order valence-corrected chi connectivity index (χ1v) is 6.54. The van der Waals surface area contributed by atoms with Crippen LogP contribution in [0.1, 0.15) is 34.1 Å². The molecule has 1 atom stereocenters. The minimum atomic E-state index is 0.106. The largest absolute Gasteiger partial charge is 0.272 e. The number of hydrogen-bond acceptors (Lipinski definition) is 3. The second kappa shape index (κ2) is 5.55. The highest BCUT2D eigenvalue weighted by Gasteiger charge is 2.15. The lowest BCUT2D eigenvalue weighted by Crippen LogP contribution is -2.30. The standard InChI is InChI=1S/C15H22N4/c1-10-5-6-11(2)14(7-10)15(17-16)9-13-8-12(3)18-19(13)4/h5-8,15,17H,9,16H2,1-4H3. The molecule has 1 heterocycles. The van der Waals surface area contributed by atoms with E-state index in [0.29, 0.717) is 0 Å². The van der Waals surface area contributed by atoms with Crippen LogP contribution >= 0.6 is 0 Å². The van der Waals surface area contributed by atoms with Crippen molar-refractivity contribution in [3.8, 4) is 0 Å². The molecular formula is C15H22N4. The Morgan fingerprint density at radius 1 is 1.26 bits per heavy atom. The maximum atomic E-state index is 5.75. The number of benzene rings is 1. The van der Waals surface area contributed by atoms with Crippen molar-refractivity contribution in [2.24, 2.45) is 12.9 Å². The average molecular weight is 258 g/mol. The Balaban J connectivity index is 2.30. The van der Waals surface area contributed by atoms with E-state index in [1.54, 1.807) is 0 Å². The molecule has 0 saturated carbocycles. The van der Waals surface area contributed by atoms with Gasteiger partial charge >= 0.3 is 0 Å². The highest BCUT2D eigenvalue weighted by atomic mass is 15.3. The van der Waals surface area contributed by atoms with E-state index in [1.165, 1.54) is 22.4 Å². The lowest BCUT2D eigenvalue weighted by atomic mass is 9.96. The number of aryl methyl sites for hydroxylation is 4. The zero-order valence-corrected chi connectivity index (χ0v) is 12.1. The Morgan fingerprint density at radius 3 is 2.58 bits per heavy atom. The van der Waals surface area contributed by atoms with Crippen LogP contribution in [0.4, 0.5) is 0 Å². The minimum absolute atomic E-state index is 0.106. The van der Waals surface area contributed by atoms with Gasteiger partial charge in [0.05, 0.1) is 11.7 Å². The van der Waals surface area contributed by atoms with Crippen molar-refractivity contribution >= 4 is 0 Å². The quantitative estimate of drug-likeness (QED) is 0.652. The summed E-state index contributed by atoms with van der Waals surface area (Å²) < 4.78 is 1.92. The molecule has 1 aromatic heterocycles. The fraction of sp³-hybridized carbons (Fsp3) is 0.400. The Bertz CT molecular complexity index is 572. The lowest BCUT2D eigenvalue weighted by Gasteiger charge is -2.19. The Labute approximate surface area is 114 Å². The number of hydrazine groups is 1. The van der Waals surface area contributed by atoms with Gasteiger partial charge < -0.3 is 0 Å². The van der Waals surface area contributed by atoms with Gasteiger partial charge in [0, 0.05) is 19.2 Å². The lowest BCUT2D eigenvalue weighted by molar-refractivity contribution is 0.527. The minimum Gasteiger partial charge on any atom is -0.272 e. The van der Waals surface area contributed by atoms with E-state index in [9.17, 15) is 0 Å². The molecule has 2 rings (SSSR count). The average Bonchev–Trinajstić information content (AvgIpc) is 2.68. The zero-order valence-electron chi connectivity index (χ0n) is 12.1. The van der Waals surface area contributed by atoms with Gasteiger partial charge in [0.1, 0.15) is 0 Å². The topological polar surface area (TPSA) is 55.9 Å². The number of nitrogens with one attached hydrogen (secondary N) is 1. The van der Waals surface area contributed by atoms with Crippen LogP contribution in [0.3, 0.4) is 0 Å². The van der Waals surface area contributed by atoms with Crippen molar-refractivity contribution in [3.05, 3.63) is 52.3 Å². The van der Waals surface area contributed by atoms with Crippen LogP contribution < -0.4 is 11.3 Å². The SMILES string of the molecule is Cc1ccc(C)c(C(Cc2cc(C)nn2C)NN)c1. The maximum absolute atomic E-state index is 5.75. The first-order chi connectivity index (χ1) is 9.01. The van der Waals surface area contributed by atoms with Crippen LogP contribution in [0.15, 0.2) is 24.3 Å². The number of nitrogens with two attached hydrogens (primary N) is 1. The monoisotopic (exact) mass is 258 g/mol. The smallest absolute Gasteiger partial charge is 0.0596 e. The van der Waals surface area contributed by atoms with E-state index >= 15 is 0 Å². The molecule has 0 amide bonds. The third-order valence-electron chi connectivity index (χ3n) is 3.52. The Hall–Kier alpha value is -1.65. The second-order valence-electron chi connectivity index (χ2n) is 5.18. The number of hydrogen-bond donors (Lipinski definition) is 2. The third-order valence-corrected chi connectivity index (χ3v) is 3.52. The summed E-state index contributed by atoms with van der Waals surface area (Å²) in [5.74, 6) is 5.75. The summed E-state index contributed by atoms with van der Waals surface area (Å²) in [4.78, 5) is 0. The normalized spacial score (nSPS) is 12.7. The van der Waals surface area contributed by atoms with Gasteiger partial charge in [-0.15, -0.1) is 0 Å². The molecule has 0 spiro atoms. The summed E-state index contributed by atoms with van der Waals surface area (Å²) in [7, 11) is 1.97. The predicted molar refractivity (Wildman–Crippen MR) is 77.6 cm³/mol. The van der Waals surface area contributed by atoms with Crippen LogP contribution in [0.5, 0.6) is 0 Å². The molecule has 0 aliphatic rings. The van der Waals surface area contributed by atoms with Gasteiger partial charge in [-0.05, 0) is 38.0 Å². The van der Waals surface area contributed by atoms with E-state index < -0.39 is 0 Å². The second-order valence-corrected chi connectivity index (χ2v) is 5.18. The van der Waals surface area contributed by atoms with E-state index in [-0.39, 0.29) is 6.04 Å². The van der Waals surface area contributed by atoms with Crippen molar-refractivity contribution in [1.82, 2.24) is 15.2 Å². The number of rotatable bonds is 4. The molecule has 2 aromatic rings. The van der Waals surface area contributed by atoms with Crippen molar-refractivity contribution in [3.63, 3.8) is 0 Å². The van der Waals surface area contributed by atoms with Crippen molar-refractivity contribution in [1.29, 1.82) is 0 Å². The summed E-state index contributed by atoms with van der Waals surface area (Å²) in [6, 6.07) is 8.68. The highest BCUT2D eigenvalue weighted by molar-refractivity contribution is 5.33. The van der Waals surface area contributed by atoms with E-state index in [4.69, 9.17) is 5.84 Å². The molecule has 0 aliphatic carbocycles. The van der Waals surface area contributed by atoms with Crippen molar-refractivity contribution in [2.75, 3.05) is 0 Å². The van der Waals surface area contributed by atoms with Gasteiger partial charge in [-0.25, -0.2) is 0 Å². The molecule has 1 aromatic carbocycles. The number of nitrogens with zero attached hydrogens (tertiary/aromatic N) is 2. The van der Waals surface area contributed by atoms with Crippen LogP contribution in [-0.2, 0) is 13.5 Å². The summed E-state index contributed by atoms with van der Waals surface area (Å²) in [5, 5.41) is 4.38. The fourth-order valence-corrected chi connectivity index (χ4v) is 2.46. The molecule has 102 valence electrons. The Morgan fingerprint density at radius 2 is 2.00 bits per heavy atom. The van der Waals surface area contributed by atoms with Crippen molar-refractivity contribution in [2.45, 2.75) is 33.2 Å². The summed E-state index contributed by atoms with van der Waals surface area (Å²) >= 11 is 0. The molecule has 0 radical (unpaired) electrons. The molecule has 4 heteroatoms. The molecule has 0 aliphatic heterocycles. The van der Waals surface area contributed by atoms with E-state index in [0.717, 1.165) is 12.1 Å². The molecule has 4 nitrogen and oxygen atoms in total. The fourth-order valence-electron chi connectivity index (χ4n) is 2.46. The molecule has 0 saturated heterocycles. The first kappa shape index (κ1) is 13.8. The predicted octanol–water partition coefficient (Wildman–Crippen LogP) is 2.09. The van der Waals surface area contributed by atoms with Crippen LogP contribution in [0.2, 0.25) is 0 Å². The highest BCUT2D eigenvalue weighted by Crippen LogP contribution is 2.22. The van der Waals surface area contributed by atoms with Crippen molar-refractivity contribution < 1.29 is 0 Å². The van der Waals surface area contributed by atoms with Crippen LogP contribution in [-0.4, -0.2) is 9.78 Å². The molecule has 3 N–H and O–H groups in total. The summed E-state index contributed by atoms with van der Waals surface area (Å²) in [6.07, 6.45) is 0.831. The molecule has 0 bridgehead atoms. The van der Waals surface area contributed by atoms with E-state index in [1.807, 2.05) is 18.7 Å². The molecule has 1 unspecified atom stereocenters. The molecular weight excluding hydrogens is 236 g/mol. The number of aromatic nitrogens is 2. The first-order valence-electron chi connectivity index (χ1n) is 6.54. The third kappa shape index (κ3) is 3.03.